The van der Waals surface area contributed by atoms with E-state index in [-0.39, 0.29) is 12.7 Å². The first-order chi connectivity index (χ1) is 11.8. The summed E-state index contributed by atoms with van der Waals surface area (Å²) in [5, 5.41) is 1.19. The van der Waals surface area contributed by atoms with Gasteiger partial charge in [-0.05, 0) is 56.1 Å². The molecule has 1 fully saturated rings. The minimum absolute atomic E-state index is 0.272. The van der Waals surface area contributed by atoms with Crippen molar-refractivity contribution in [3.63, 3.8) is 0 Å². The second-order valence-electron chi connectivity index (χ2n) is 7.44. The number of hydrogen-bond acceptors (Lipinski definition) is 3. The molecule has 0 amide bonds. The smallest absolute Gasteiger partial charge is 0.231 e. The first kappa shape index (κ1) is 14.4. The maximum absolute atomic E-state index is 13.1. The van der Waals surface area contributed by atoms with Gasteiger partial charge in [-0.3, -0.25) is 9.36 Å². The van der Waals surface area contributed by atoms with Crippen molar-refractivity contribution in [2.45, 2.75) is 57.8 Å². The number of carbonyl (C=O) groups is 1. The lowest BCUT2D eigenvalue weighted by molar-refractivity contribution is 0.0882. The van der Waals surface area contributed by atoms with Gasteiger partial charge in [-0.2, -0.15) is 0 Å². The number of rotatable bonds is 2. The Kier molecular flexibility index (Phi) is 3.32. The van der Waals surface area contributed by atoms with Gasteiger partial charge in [0.25, 0.3) is 0 Å². The van der Waals surface area contributed by atoms with E-state index in [1.807, 2.05) is 10.6 Å². The van der Waals surface area contributed by atoms with Crippen molar-refractivity contribution in [2.75, 3.05) is 6.79 Å². The number of carbonyl (C=O) groups excluding carboxylic acids is 1. The van der Waals surface area contributed by atoms with E-state index in [0.29, 0.717) is 12.3 Å². The van der Waals surface area contributed by atoms with Gasteiger partial charge in [0.05, 0.1) is 5.52 Å². The average molecular weight is 325 g/mol. The number of hydrogen-bond donors (Lipinski definition) is 0. The summed E-state index contributed by atoms with van der Waals surface area (Å²) in [5.41, 5.74) is 3.62. The molecule has 2 aromatic rings. The van der Waals surface area contributed by atoms with Crippen molar-refractivity contribution >= 4 is 16.8 Å². The third-order valence-corrected chi connectivity index (χ3v) is 5.95. The van der Waals surface area contributed by atoms with Gasteiger partial charge in [-0.25, -0.2) is 0 Å². The fourth-order valence-electron chi connectivity index (χ4n) is 4.77. The SMILES string of the molecule is O=C(CC1CCCC1)n1c2c(c3cc4c(cc31)OCO4)CCCC2. The van der Waals surface area contributed by atoms with Gasteiger partial charge in [-0.15, -0.1) is 0 Å². The van der Waals surface area contributed by atoms with Crippen LogP contribution in [0.5, 0.6) is 11.5 Å². The Morgan fingerprint density at radius 3 is 2.62 bits per heavy atom. The number of aryl methyl sites for hydroxylation is 1. The molecule has 126 valence electrons. The lowest BCUT2D eigenvalue weighted by Gasteiger charge is -2.16. The molecule has 0 atom stereocenters. The summed E-state index contributed by atoms with van der Waals surface area (Å²) in [4.78, 5) is 13.1. The Hall–Kier alpha value is -1.97. The highest BCUT2D eigenvalue weighted by molar-refractivity contribution is 5.98. The summed E-state index contributed by atoms with van der Waals surface area (Å²) in [6.45, 7) is 0.278. The molecular formula is C20H23NO3. The third kappa shape index (κ3) is 2.15. The zero-order chi connectivity index (χ0) is 16.1. The molecule has 3 aliphatic rings. The fourth-order valence-corrected chi connectivity index (χ4v) is 4.77. The monoisotopic (exact) mass is 325 g/mol. The minimum atomic E-state index is 0.272. The van der Waals surface area contributed by atoms with Crippen LogP contribution in [-0.4, -0.2) is 17.3 Å². The molecule has 0 N–H and O–H groups in total. The molecule has 1 aliphatic heterocycles. The van der Waals surface area contributed by atoms with E-state index in [1.165, 1.54) is 55.2 Å². The van der Waals surface area contributed by atoms with Crippen LogP contribution in [0.1, 0.15) is 61.0 Å². The van der Waals surface area contributed by atoms with Crippen LogP contribution in [0.4, 0.5) is 0 Å². The van der Waals surface area contributed by atoms with Crippen LogP contribution in [-0.2, 0) is 12.8 Å². The Morgan fingerprint density at radius 1 is 1.04 bits per heavy atom. The fraction of sp³-hybridized carbons (Fsp3) is 0.550. The highest BCUT2D eigenvalue weighted by atomic mass is 16.7. The summed E-state index contributed by atoms with van der Waals surface area (Å²) in [5.74, 6) is 2.43. The molecule has 2 heterocycles. The van der Waals surface area contributed by atoms with Crippen LogP contribution in [0.15, 0.2) is 12.1 Å². The highest BCUT2D eigenvalue weighted by Crippen LogP contribution is 2.41. The van der Waals surface area contributed by atoms with E-state index in [2.05, 4.69) is 6.07 Å². The maximum atomic E-state index is 13.1. The molecular weight excluding hydrogens is 302 g/mol. The summed E-state index contributed by atoms with van der Waals surface area (Å²) < 4.78 is 13.1. The Labute approximate surface area is 141 Å². The highest BCUT2D eigenvalue weighted by Gasteiger charge is 2.28. The Bertz CT molecular complexity index is 814. The maximum Gasteiger partial charge on any atom is 0.231 e. The van der Waals surface area contributed by atoms with Crippen molar-refractivity contribution in [1.29, 1.82) is 0 Å². The summed E-state index contributed by atoms with van der Waals surface area (Å²) in [6.07, 6.45) is 10.1. The van der Waals surface area contributed by atoms with Gasteiger partial charge in [0.2, 0.25) is 12.7 Å². The van der Waals surface area contributed by atoms with Crippen LogP contribution in [0.3, 0.4) is 0 Å². The van der Waals surface area contributed by atoms with Crippen molar-refractivity contribution in [2.24, 2.45) is 5.92 Å². The van der Waals surface area contributed by atoms with Crippen LogP contribution in [0, 0.1) is 5.92 Å². The zero-order valence-corrected chi connectivity index (χ0v) is 14.0. The van der Waals surface area contributed by atoms with Gasteiger partial charge < -0.3 is 9.47 Å². The van der Waals surface area contributed by atoms with E-state index >= 15 is 0 Å². The van der Waals surface area contributed by atoms with Crippen molar-refractivity contribution in [3.8, 4) is 11.5 Å². The quantitative estimate of drug-likeness (QED) is 0.818. The van der Waals surface area contributed by atoms with Crippen LogP contribution in [0.25, 0.3) is 10.9 Å². The number of benzene rings is 1. The van der Waals surface area contributed by atoms with Crippen LogP contribution < -0.4 is 9.47 Å². The third-order valence-electron chi connectivity index (χ3n) is 5.95. The molecule has 4 heteroatoms. The van der Waals surface area contributed by atoms with Crippen molar-refractivity contribution in [3.05, 3.63) is 23.4 Å². The van der Waals surface area contributed by atoms with Crippen LogP contribution in [0.2, 0.25) is 0 Å². The van der Waals surface area contributed by atoms with E-state index in [9.17, 15) is 4.79 Å². The predicted molar refractivity (Wildman–Crippen MR) is 91.9 cm³/mol. The number of aromatic nitrogens is 1. The molecule has 0 radical (unpaired) electrons. The van der Waals surface area contributed by atoms with Crippen molar-refractivity contribution < 1.29 is 14.3 Å². The molecule has 1 saturated carbocycles. The van der Waals surface area contributed by atoms with Crippen LogP contribution >= 0.6 is 0 Å². The van der Waals surface area contributed by atoms with E-state index in [0.717, 1.165) is 29.9 Å². The summed E-state index contributed by atoms with van der Waals surface area (Å²) in [6, 6.07) is 4.10. The minimum Gasteiger partial charge on any atom is -0.454 e. The molecule has 0 unspecified atom stereocenters. The molecule has 24 heavy (non-hydrogen) atoms. The van der Waals surface area contributed by atoms with E-state index in [4.69, 9.17) is 9.47 Å². The van der Waals surface area contributed by atoms with E-state index < -0.39 is 0 Å². The lowest BCUT2D eigenvalue weighted by Crippen LogP contribution is -2.18. The molecule has 1 aromatic heterocycles. The molecule has 5 rings (SSSR count). The first-order valence-corrected chi connectivity index (χ1v) is 9.30. The largest absolute Gasteiger partial charge is 0.454 e. The second kappa shape index (κ2) is 5.54. The Morgan fingerprint density at radius 2 is 1.79 bits per heavy atom. The predicted octanol–water partition coefficient (Wildman–Crippen LogP) is 4.47. The number of fused-ring (bicyclic) bond motifs is 4. The topological polar surface area (TPSA) is 40.5 Å². The molecule has 1 aromatic carbocycles. The molecule has 4 nitrogen and oxygen atoms in total. The standard InChI is InChI=1S/C20H23NO3/c22-20(9-13-5-1-2-6-13)21-16-8-4-3-7-14(16)15-10-18-19(11-17(15)21)24-12-23-18/h10-11,13H,1-9,12H2. The molecule has 0 spiro atoms. The van der Waals surface area contributed by atoms with Crippen molar-refractivity contribution in [1.82, 2.24) is 4.57 Å². The number of nitrogens with zero attached hydrogens (tertiary/aromatic N) is 1. The zero-order valence-electron chi connectivity index (χ0n) is 14.0. The lowest BCUT2D eigenvalue weighted by atomic mass is 9.95. The normalized spacial score (nSPS) is 19.8. The summed E-state index contributed by atoms with van der Waals surface area (Å²) in [7, 11) is 0. The Balaban J connectivity index is 1.64. The van der Waals surface area contributed by atoms with Gasteiger partial charge in [0, 0.05) is 23.6 Å². The van der Waals surface area contributed by atoms with Gasteiger partial charge in [0.15, 0.2) is 11.5 Å². The molecule has 0 bridgehead atoms. The van der Waals surface area contributed by atoms with E-state index in [1.54, 1.807) is 0 Å². The van der Waals surface area contributed by atoms with Gasteiger partial charge in [-0.1, -0.05) is 12.8 Å². The average Bonchev–Trinajstić information content (AvgIpc) is 3.31. The second-order valence-corrected chi connectivity index (χ2v) is 7.44. The van der Waals surface area contributed by atoms with Gasteiger partial charge in [0.1, 0.15) is 0 Å². The first-order valence-electron chi connectivity index (χ1n) is 9.30. The summed E-state index contributed by atoms with van der Waals surface area (Å²) >= 11 is 0. The molecule has 2 aliphatic carbocycles. The van der Waals surface area contributed by atoms with Gasteiger partial charge >= 0.3 is 0 Å². The number of ether oxygens (including phenoxy) is 2. The molecule has 0 saturated heterocycles.